The summed E-state index contributed by atoms with van der Waals surface area (Å²) in [5.41, 5.74) is 4.03. The van der Waals surface area contributed by atoms with Crippen molar-refractivity contribution >= 4 is 6.08 Å². The molecule has 0 bridgehead atoms. The molecule has 0 spiro atoms. The monoisotopic (exact) mass is 388 g/mol. The molecule has 0 atom stereocenters. The quantitative estimate of drug-likeness (QED) is 0.703. The molecule has 0 saturated carbocycles. The van der Waals surface area contributed by atoms with E-state index in [9.17, 15) is 5.11 Å². The van der Waals surface area contributed by atoms with E-state index in [0.717, 1.165) is 41.1 Å². The van der Waals surface area contributed by atoms with Gasteiger partial charge in [-0.2, -0.15) is 0 Å². The van der Waals surface area contributed by atoms with E-state index in [4.69, 9.17) is 9.47 Å². The van der Waals surface area contributed by atoms with Crippen LogP contribution in [-0.4, -0.2) is 41.8 Å². The molecule has 3 aromatic rings. The summed E-state index contributed by atoms with van der Waals surface area (Å²) in [7, 11) is 1.67. The number of ether oxygens (including phenoxy) is 2. The highest BCUT2D eigenvalue weighted by Gasteiger charge is 2.19. The third-order valence-electron chi connectivity index (χ3n) is 4.98. The Morgan fingerprint density at radius 1 is 1.17 bits per heavy atom. The van der Waals surface area contributed by atoms with E-state index in [0.29, 0.717) is 18.9 Å². The van der Waals surface area contributed by atoms with Gasteiger partial charge in [0.1, 0.15) is 12.4 Å². The van der Waals surface area contributed by atoms with Gasteiger partial charge in [0.15, 0.2) is 11.5 Å². The van der Waals surface area contributed by atoms with Crippen LogP contribution in [0.2, 0.25) is 0 Å². The predicted molar refractivity (Wildman–Crippen MR) is 114 cm³/mol. The maximum Gasteiger partial charge on any atom is 0.165 e. The normalized spacial score (nSPS) is 14.2. The second-order valence-electron chi connectivity index (χ2n) is 6.98. The van der Waals surface area contributed by atoms with Crippen molar-refractivity contribution < 1.29 is 14.6 Å². The number of rotatable bonds is 5. The standard InChI is InChI=1S/C24H24N2O3/c1-28-22-8-6-18(7-9-22)4-3-11-26-12-13-29-24-21(17-26)14-20(15-23(24)27)19-5-2-10-25-16-19/h2-10,14-16,27H,11-13,17H2,1H3/b4-3+. The van der Waals surface area contributed by atoms with Crippen molar-refractivity contribution in [3.63, 3.8) is 0 Å². The Labute approximate surface area is 170 Å². The molecule has 1 aliphatic rings. The Hall–Kier alpha value is -3.31. The van der Waals surface area contributed by atoms with Crippen LogP contribution < -0.4 is 9.47 Å². The highest BCUT2D eigenvalue weighted by Crippen LogP contribution is 2.37. The number of hydrogen-bond donors (Lipinski definition) is 1. The van der Waals surface area contributed by atoms with Crippen molar-refractivity contribution in [3.05, 3.63) is 78.1 Å². The molecule has 4 rings (SSSR count). The first kappa shape index (κ1) is 19.0. The van der Waals surface area contributed by atoms with Crippen molar-refractivity contribution in [3.8, 4) is 28.4 Å². The van der Waals surface area contributed by atoms with Crippen LogP contribution >= 0.6 is 0 Å². The highest BCUT2D eigenvalue weighted by molar-refractivity contribution is 5.68. The molecular weight excluding hydrogens is 364 g/mol. The molecule has 0 radical (unpaired) electrons. The van der Waals surface area contributed by atoms with E-state index in [1.54, 1.807) is 25.6 Å². The number of phenols is 1. The van der Waals surface area contributed by atoms with Crippen LogP contribution in [0, 0.1) is 0 Å². The third kappa shape index (κ3) is 4.58. The van der Waals surface area contributed by atoms with Gasteiger partial charge in [0, 0.05) is 43.2 Å². The van der Waals surface area contributed by atoms with Gasteiger partial charge in [-0.05, 0) is 41.5 Å². The van der Waals surface area contributed by atoms with Crippen LogP contribution in [0.1, 0.15) is 11.1 Å². The molecule has 0 saturated heterocycles. The maximum absolute atomic E-state index is 10.5. The first-order valence-electron chi connectivity index (χ1n) is 9.65. The molecule has 0 unspecified atom stereocenters. The fourth-order valence-electron chi connectivity index (χ4n) is 3.46. The SMILES string of the molecule is COc1ccc(/C=C/CN2CCOc3c(O)cc(-c4cccnc4)cc3C2)cc1. The number of aromatic nitrogens is 1. The summed E-state index contributed by atoms with van der Waals surface area (Å²) in [4.78, 5) is 6.48. The van der Waals surface area contributed by atoms with E-state index in [1.807, 2.05) is 36.4 Å². The molecule has 1 N–H and O–H groups in total. The molecule has 0 aliphatic carbocycles. The number of methoxy groups -OCH3 is 1. The van der Waals surface area contributed by atoms with Crippen molar-refractivity contribution in [2.45, 2.75) is 6.54 Å². The molecule has 5 nitrogen and oxygen atoms in total. The Morgan fingerprint density at radius 2 is 2.03 bits per heavy atom. The van der Waals surface area contributed by atoms with E-state index in [1.165, 1.54) is 0 Å². The Morgan fingerprint density at radius 3 is 2.79 bits per heavy atom. The van der Waals surface area contributed by atoms with Gasteiger partial charge in [0.05, 0.1) is 7.11 Å². The first-order valence-corrected chi connectivity index (χ1v) is 9.65. The smallest absolute Gasteiger partial charge is 0.165 e. The average molecular weight is 388 g/mol. The largest absolute Gasteiger partial charge is 0.504 e. The number of hydrogen-bond acceptors (Lipinski definition) is 5. The topological polar surface area (TPSA) is 54.8 Å². The third-order valence-corrected chi connectivity index (χ3v) is 4.98. The van der Waals surface area contributed by atoms with Crippen LogP contribution in [0.15, 0.2) is 67.0 Å². The summed E-state index contributed by atoms with van der Waals surface area (Å²) < 4.78 is 11.0. The lowest BCUT2D eigenvalue weighted by molar-refractivity contribution is 0.239. The van der Waals surface area contributed by atoms with Gasteiger partial charge in [-0.25, -0.2) is 0 Å². The zero-order valence-corrected chi connectivity index (χ0v) is 16.4. The lowest BCUT2D eigenvalue weighted by Crippen LogP contribution is -2.25. The van der Waals surface area contributed by atoms with Crippen molar-refractivity contribution in [1.82, 2.24) is 9.88 Å². The molecule has 0 fully saturated rings. The summed E-state index contributed by atoms with van der Waals surface area (Å²) in [5, 5.41) is 10.5. The van der Waals surface area contributed by atoms with Gasteiger partial charge in [-0.15, -0.1) is 0 Å². The molecule has 1 aromatic heterocycles. The lowest BCUT2D eigenvalue weighted by Gasteiger charge is -2.17. The number of pyridine rings is 1. The van der Waals surface area contributed by atoms with Crippen LogP contribution in [0.3, 0.4) is 0 Å². The summed E-state index contributed by atoms with van der Waals surface area (Å²) in [6.07, 6.45) is 7.80. The molecule has 0 amide bonds. The van der Waals surface area contributed by atoms with Crippen LogP contribution in [0.25, 0.3) is 17.2 Å². The summed E-state index contributed by atoms with van der Waals surface area (Å²) in [6.45, 7) is 2.85. The van der Waals surface area contributed by atoms with Gasteiger partial charge in [-0.3, -0.25) is 9.88 Å². The summed E-state index contributed by atoms with van der Waals surface area (Å²) in [5.74, 6) is 1.61. The van der Waals surface area contributed by atoms with Crippen LogP contribution in [0.5, 0.6) is 17.2 Å². The number of nitrogens with zero attached hydrogens (tertiary/aromatic N) is 2. The van der Waals surface area contributed by atoms with Gasteiger partial charge < -0.3 is 14.6 Å². The summed E-state index contributed by atoms with van der Waals surface area (Å²) in [6, 6.07) is 15.7. The van der Waals surface area contributed by atoms with E-state index < -0.39 is 0 Å². The summed E-state index contributed by atoms with van der Waals surface area (Å²) >= 11 is 0. The molecule has 2 heterocycles. The minimum Gasteiger partial charge on any atom is -0.504 e. The van der Waals surface area contributed by atoms with Crippen molar-refractivity contribution in [2.24, 2.45) is 0 Å². The van der Waals surface area contributed by atoms with Crippen molar-refractivity contribution in [2.75, 3.05) is 26.8 Å². The average Bonchev–Trinajstić information content (AvgIpc) is 2.97. The van der Waals surface area contributed by atoms with Crippen molar-refractivity contribution in [1.29, 1.82) is 0 Å². The van der Waals surface area contributed by atoms with E-state index >= 15 is 0 Å². The first-order chi connectivity index (χ1) is 14.2. The van der Waals surface area contributed by atoms with Crippen LogP contribution in [-0.2, 0) is 6.54 Å². The molecule has 1 aliphatic heterocycles. The molecule has 29 heavy (non-hydrogen) atoms. The van der Waals surface area contributed by atoms with Gasteiger partial charge in [0.25, 0.3) is 0 Å². The molecule has 148 valence electrons. The van der Waals surface area contributed by atoms with Crippen LogP contribution in [0.4, 0.5) is 0 Å². The predicted octanol–water partition coefficient (Wildman–Crippen LogP) is 4.37. The zero-order chi connectivity index (χ0) is 20.1. The van der Waals surface area contributed by atoms with Gasteiger partial charge in [-0.1, -0.05) is 30.4 Å². The molecule has 5 heteroatoms. The second-order valence-corrected chi connectivity index (χ2v) is 6.98. The zero-order valence-electron chi connectivity index (χ0n) is 16.4. The van der Waals surface area contributed by atoms with Gasteiger partial charge >= 0.3 is 0 Å². The Kier molecular flexibility index (Phi) is 5.77. The number of phenolic OH excluding ortho intramolecular Hbond substituents is 1. The van der Waals surface area contributed by atoms with Gasteiger partial charge in [0.2, 0.25) is 0 Å². The lowest BCUT2D eigenvalue weighted by atomic mass is 10.0. The fraction of sp³-hybridized carbons (Fsp3) is 0.208. The van der Waals surface area contributed by atoms with E-state index in [-0.39, 0.29) is 5.75 Å². The highest BCUT2D eigenvalue weighted by atomic mass is 16.5. The minimum absolute atomic E-state index is 0.178. The number of fused-ring (bicyclic) bond motifs is 1. The second kappa shape index (κ2) is 8.80. The fourth-order valence-corrected chi connectivity index (χ4v) is 3.46. The number of benzene rings is 2. The van der Waals surface area contributed by atoms with E-state index in [2.05, 4.69) is 28.1 Å². The number of aromatic hydroxyl groups is 1. The maximum atomic E-state index is 10.5. The molecule has 2 aromatic carbocycles. The Balaban J connectivity index is 1.49. The Bertz CT molecular complexity index is 985. The minimum atomic E-state index is 0.178. The molecular formula is C24H24N2O3.